The third-order valence-electron chi connectivity index (χ3n) is 6.51. The van der Waals surface area contributed by atoms with Crippen LogP contribution in [-0.4, -0.2) is 23.7 Å². The SMILES string of the molecule is CC[C@H](C)COc1ccc(-c2ccc(C(=O)Oc3ccc4c(c3)CCC(C(=O)O)C4)cc2)cc1. The number of rotatable bonds is 8. The summed E-state index contributed by atoms with van der Waals surface area (Å²) in [6, 6.07) is 20.8. The minimum atomic E-state index is -0.754. The van der Waals surface area contributed by atoms with Crippen molar-refractivity contribution < 1.29 is 24.2 Å². The summed E-state index contributed by atoms with van der Waals surface area (Å²) in [5, 5.41) is 9.24. The third kappa shape index (κ3) is 5.66. The Morgan fingerprint density at radius 3 is 2.24 bits per heavy atom. The second-order valence-electron chi connectivity index (χ2n) is 9.02. The molecule has 0 aromatic heterocycles. The van der Waals surface area contributed by atoms with Crippen LogP contribution in [0.1, 0.15) is 48.2 Å². The molecule has 1 unspecified atom stereocenters. The number of esters is 1. The summed E-state index contributed by atoms with van der Waals surface area (Å²) in [5.41, 5.74) is 4.59. The van der Waals surface area contributed by atoms with Gasteiger partial charge in [0.1, 0.15) is 11.5 Å². The molecule has 34 heavy (non-hydrogen) atoms. The molecule has 4 rings (SSSR count). The molecule has 0 saturated carbocycles. The number of carboxylic acids is 1. The molecular weight excluding hydrogens is 428 g/mol. The highest BCUT2D eigenvalue weighted by Gasteiger charge is 2.24. The van der Waals surface area contributed by atoms with Crippen molar-refractivity contribution in [2.45, 2.75) is 39.5 Å². The highest BCUT2D eigenvalue weighted by atomic mass is 16.5. The normalized spacial score (nSPS) is 15.8. The van der Waals surface area contributed by atoms with E-state index >= 15 is 0 Å². The average molecular weight is 459 g/mol. The smallest absolute Gasteiger partial charge is 0.343 e. The zero-order chi connectivity index (χ0) is 24.1. The maximum atomic E-state index is 12.7. The van der Waals surface area contributed by atoms with Gasteiger partial charge in [-0.3, -0.25) is 4.79 Å². The van der Waals surface area contributed by atoms with Gasteiger partial charge in [0.2, 0.25) is 0 Å². The molecule has 176 valence electrons. The second-order valence-corrected chi connectivity index (χ2v) is 9.02. The molecule has 0 amide bonds. The number of ether oxygens (including phenoxy) is 2. The Morgan fingerprint density at radius 2 is 1.59 bits per heavy atom. The van der Waals surface area contributed by atoms with Gasteiger partial charge in [-0.2, -0.15) is 0 Å². The quantitative estimate of drug-likeness (QED) is 0.322. The summed E-state index contributed by atoms with van der Waals surface area (Å²) in [4.78, 5) is 23.9. The molecule has 2 atom stereocenters. The number of fused-ring (bicyclic) bond motifs is 1. The molecule has 1 N–H and O–H groups in total. The van der Waals surface area contributed by atoms with E-state index in [0.717, 1.165) is 34.4 Å². The van der Waals surface area contributed by atoms with E-state index in [1.165, 1.54) is 0 Å². The lowest BCUT2D eigenvalue weighted by Crippen LogP contribution is -2.22. The Hall–Kier alpha value is -3.60. The lowest BCUT2D eigenvalue weighted by Gasteiger charge is -2.21. The zero-order valence-corrected chi connectivity index (χ0v) is 19.6. The molecule has 5 heteroatoms. The molecule has 0 bridgehead atoms. The number of carbonyl (C=O) groups excluding carboxylic acids is 1. The fourth-order valence-electron chi connectivity index (χ4n) is 4.07. The van der Waals surface area contributed by atoms with Crippen molar-refractivity contribution in [3.05, 3.63) is 83.4 Å². The zero-order valence-electron chi connectivity index (χ0n) is 19.6. The standard InChI is InChI=1S/C29H30O5/c1-3-19(2)18-33-26-13-10-21(11-14-26)20-4-6-22(7-5-20)29(32)34-27-15-12-23-16-25(28(30)31)9-8-24(23)17-27/h4-7,10-15,17,19,25H,3,8-9,16,18H2,1-2H3,(H,30,31)/t19-,25?/m0/s1. The summed E-state index contributed by atoms with van der Waals surface area (Å²) >= 11 is 0. The van der Waals surface area contributed by atoms with E-state index in [-0.39, 0.29) is 5.92 Å². The van der Waals surface area contributed by atoms with E-state index in [4.69, 9.17) is 9.47 Å². The van der Waals surface area contributed by atoms with Crippen LogP contribution in [0, 0.1) is 11.8 Å². The van der Waals surface area contributed by atoms with Crippen LogP contribution in [0.5, 0.6) is 11.5 Å². The Bertz CT molecular complexity index is 1150. The van der Waals surface area contributed by atoms with Gasteiger partial charge in [-0.25, -0.2) is 4.79 Å². The summed E-state index contributed by atoms with van der Waals surface area (Å²) < 4.78 is 11.4. The maximum Gasteiger partial charge on any atom is 0.343 e. The lowest BCUT2D eigenvalue weighted by molar-refractivity contribution is -0.142. The van der Waals surface area contributed by atoms with Crippen LogP contribution in [0.2, 0.25) is 0 Å². The molecule has 0 spiro atoms. The number of benzene rings is 3. The first kappa shape index (κ1) is 23.6. The molecule has 0 saturated heterocycles. The molecular formula is C29H30O5. The van der Waals surface area contributed by atoms with E-state index in [0.29, 0.717) is 43.1 Å². The molecule has 1 aliphatic rings. The first-order valence-electron chi connectivity index (χ1n) is 11.8. The Kier molecular flexibility index (Phi) is 7.31. The minimum Gasteiger partial charge on any atom is -0.493 e. The van der Waals surface area contributed by atoms with Crippen LogP contribution in [0.25, 0.3) is 11.1 Å². The van der Waals surface area contributed by atoms with Gasteiger partial charge in [0, 0.05) is 0 Å². The van der Waals surface area contributed by atoms with Crippen molar-refractivity contribution in [3.8, 4) is 22.6 Å². The lowest BCUT2D eigenvalue weighted by atomic mass is 9.84. The van der Waals surface area contributed by atoms with Gasteiger partial charge in [0.05, 0.1) is 18.1 Å². The van der Waals surface area contributed by atoms with Gasteiger partial charge in [0.25, 0.3) is 0 Å². The van der Waals surface area contributed by atoms with Crippen molar-refractivity contribution in [1.29, 1.82) is 0 Å². The van der Waals surface area contributed by atoms with E-state index in [2.05, 4.69) is 13.8 Å². The van der Waals surface area contributed by atoms with Crippen LogP contribution in [0.3, 0.4) is 0 Å². The van der Waals surface area contributed by atoms with E-state index in [1.807, 2.05) is 48.5 Å². The van der Waals surface area contributed by atoms with Crippen molar-refractivity contribution >= 4 is 11.9 Å². The molecule has 3 aromatic carbocycles. The van der Waals surface area contributed by atoms with Crippen LogP contribution >= 0.6 is 0 Å². The van der Waals surface area contributed by atoms with E-state index < -0.39 is 11.9 Å². The van der Waals surface area contributed by atoms with Gasteiger partial charge >= 0.3 is 11.9 Å². The highest BCUT2D eigenvalue weighted by molar-refractivity contribution is 5.91. The Morgan fingerprint density at radius 1 is 0.941 bits per heavy atom. The minimum absolute atomic E-state index is 0.340. The molecule has 0 aliphatic heterocycles. The maximum absolute atomic E-state index is 12.7. The largest absolute Gasteiger partial charge is 0.493 e. The average Bonchev–Trinajstić information content (AvgIpc) is 2.87. The number of carbonyl (C=O) groups is 2. The van der Waals surface area contributed by atoms with Crippen molar-refractivity contribution in [3.63, 3.8) is 0 Å². The molecule has 0 fully saturated rings. The van der Waals surface area contributed by atoms with Crippen LogP contribution in [0.15, 0.2) is 66.7 Å². The predicted molar refractivity (Wildman–Crippen MR) is 131 cm³/mol. The number of aliphatic carboxylic acids is 1. The second kappa shape index (κ2) is 10.6. The van der Waals surface area contributed by atoms with Crippen LogP contribution in [-0.2, 0) is 17.6 Å². The summed E-state index contributed by atoms with van der Waals surface area (Å²) in [6.07, 6.45) is 2.89. The van der Waals surface area contributed by atoms with Gasteiger partial charge in [-0.05, 0) is 83.8 Å². The number of hydrogen-bond acceptors (Lipinski definition) is 4. The van der Waals surface area contributed by atoms with Crippen molar-refractivity contribution in [1.82, 2.24) is 0 Å². The number of carboxylic acid groups (broad SMARTS) is 1. The molecule has 0 radical (unpaired) electrons. The summed E-state index contributed by atoms with van der Waals surface area (Å²) in [7, 11) is 0. The summed E-state index contributed by atoms with van der Waals surface area (Å²) in [5.74, 6) is 0.350. The number of aryl methyl sites for hydroxylation is 1. The fourth-order valence-corrected chi connectivity index (χ4v) is 4.07. The topological polar surface area (TPSA) is 72.8 Å². The highest BCUT2D eigenvalue weighted by Crippen LogP contribution is 2.29. The Labute approximate surface area is 200 Å². The third-order valence-corrected chi connectivity index (χ3v) is 6.51. The van der Waals surface area contributed by atoms with E-state index in [9.17, 15) is 14.7 Å². The van der Waals surface area contributed by atoms with Gasteiger partial charge < -0.3 is 14.6 Å². The van der Waals surface area contributed by atoms with Gasteiger partial charge in [0.15, 0.2) is 0 Å². The molecule has 1 aliphatic carbocycles. The van der Waals surface area contributed by atoms with Gasteiger partial charge in [-0.15, -0.1) is 0 Å². The Balaban J connectivity index is 1.38. The fraction of sp³-hybridized carbons (Fsp3) is 0.310. The van der Waals surface area contributed by atoms with Crippen molar-refractivity contribution in [2.75, 3.05) is 6.61 Å². The first-order chi connectivity index (χ1) is 16.4. The first-order valence-corrected chi connectivity index (χ1v) is 11.8. The molecule has 0 heterocycles. The number of hydrogen-bond donors (Lipinski definition) is 1. The summed E-state index contributed by atoms with van der Waals surface area (Å²) in [6.45, 7) is 5.03. The molecule has 3 aromatic rings. The van der Waals surface area contributed by atoms with Crippen molar-refractivity contribution in [2.24, 2.45) is 11.8 Å². The van der Waals surface area contributed by atoms with Crippen LogP contribution in [0.4, 0.5) is 0 Å². The van der Waals surface area contributed by atoms with Crippen LogP contribution < -0.4 is 9.47 Å². The molecule has 5 nitrogen and oxygen atoms in total. The van der Waals surface area contributed by atoms with E-state index in [1.54, 1.807) is 18.2 Å². The van der Waals surface area contributed by atoms with Gasteiger partial charge in [-0.1, -0.05) is 50.6 Å². The monoisotopic (exact) mass is 458 g/mol. The predicted octanol–water partition coefficient (Wildman–Crippen LogP) is 6.19.